The average Bonchev–Trinajstić information content (AvgIpc) is 2.38. The van der Waals surface area contributed by atoms with Gasteiger partial charge < -0.3 is 4.90 Å². The standard InChI is InChI=1S/C16H31NO/c1-4-7-11-17(6-3)13-15-12-14(8-5-2)9-10-16(15)18/h14-15H,4-13H2,1-3H3. The molecule has 0 bridgehead atoms. The van der Waals surface area contributed by atoms with Crippen molar-refractivity contribution in [1.29, 1.82) is 0 Å². The Bertz CT molecular complexity index is 239. The molecule has 0 aromatic carbocycles. The number of ketones is 1. The largest absolute Gasteiger partial charge is 0.303 e. The molecule has 1 aliphatic carbocycles. The number of carbonyl (C=O) groups excluding carboxylic acids is 1. The van der Waals surface area contributed by atoms with Crippen LogP contribution in [0.1, 0.15) is 65.7 Å². The topological polar surface area (TPSA) is 20.3 Å². The molecule has 0 N–H and O–H groups in total. The molecule has 0 spiro atoms. The molecule has 1 aliphatic rings. The third kappa shape index (κ3) is 5.09. The molecule has 2 nitrogen and oxygen atoms in total. The van der Waals surface area contributed by atoms with Crippen LogP contribution in [0.15, 0.2) is 0 Å². The van der Waals surface area contributed by atoms with E-state index in [0.29, 0.717) is 11.7 Å². The Labute approximate surface area is 113 Å². The van der Waals surface area contributed by atoms with E-state index in [4.69, 9.17) is 0 Å². The number of hydrogen-bond acceptors (Lipinski definition) is 2. The molecule has 18 heavy (non-hydrogen) atoms. The third-order valence-corrected chi connectivity index (χ3v) is 4.32. The van der Waals surface area contributed by atoms with Gasteiger partial charge in [0.05, 0.1) is 0 Å². The van der Waals surface area contributed by atoms with Gasteiger partial charge in [-0.3, -0.25) is 4.79 Å². The first-order valence-corrected chi connectivity index (χ1v) is 7.96. The highest BCUT2D eigenvalue weighted by Crippen LogP contribution is 2.30. The van der Waals surface area contributed by atoms with Crippen molar-refractivity contribution < 1.29 is 4.79 Å². The fourth-order valence-electron chi connectivity index (χ4n) is 3.12. The minimum absolute atomic E-state index is 0.326. The van der Waals surface area contributed by atoms with Gasteiger partial charge in [-0.25, -0.2) is 0 Å². The number of nitrogens with zero attached hydrogens (tertiary/aromatic N) is 1. The van der Waals surface area contributed by atoms with Crippen LogP contribution in [0.3, 0.4) is 0 Å². The van der Waals surface area contributed by atoms with Gasteiger partial charge in [-0.2, -0.15) is 0 Å². The molecule has 2 unspecified atom stereocenters. The van der Waals surface area contributed by atoms with Crippen LogP contribution < -0.4 is 0 Å². The van der Waals surface area contributed by atoms with Crippen molar-refractivity contribution in [2.24, 2.45) is 11.8 Å². The second kappa shape index (κ2) is 8.68. The number of rotatable bonds is 8. The molecule has 106 valence electrons. The molecular weight excluding hydrogens is 222 g/mol. The zero-order chi connectivity index (χ0) is 13.4. The molecule has 0 radical (unpaired) electrons. The molecule has 2 atom stereocenters. The van der Waals surface area contributed by atoms with Gasteiger partial charge in [-0.1, -0.05) is 40.0 Å². The normalized spacial score (nSPS) is 24.8. The molecular formula is C16H31NO. The van der Waals surface area contributed by atoms with E-state index >= 15 is 0 Å². The quantitative estimate of drug-likeness (QED) is 0.654. The van der Waals surface area contributed by atoms with Gasteiger partial charge in [0, 0.05) is 18.9 Å². The molecule has 0 aromatic heterocycles. The fourth-order valence-corrected chi connectivity index (χ4v) is 3.12. The van der Waals surface area contributed by atoms with Crippen LogP contribution in [-0.4, -0.2) is 30.3 Å². The van der Waals surface area contributed by atoms with Crippen molar-refractivity contribution in [1.82, 2.24) is 4.90 Å². The monoisotopic (exact) mass is 253 g/mol. The van der Waals surface area contributed by atoms with E-state index in [2.05, 4.69) is 25.7 Å². The molecule has 0 heterocycles. The minimum atomic E-state index is 0.326. The highest BCUT2D eigenvalue weighted by molar-refractivity contribution is 5.81. The Hall–Kier alpha value is -0.370. The first-order chi connectivity index (χ1) is 8.71. The van der Waals surface area contributed by atoms with Crippen molar-refractivity contribution in [3.8, 4) is 0 Å². The van der Waals surface area contributed by atoms with Crippen molar-refractivity contribution in [3.63, 3.8) is 0 Å². The number of hydrogen-bond donors (Lipinski definition) is 0. The van der Waals surface area contributed by atoms with Crippen LogP contribution in [0.4, 0.5) is 0 Å². The molecule has 0 aliphatic heterocycles. The molecule has 1 saturated carbocycles. The molecule has 2 heteroatoms. The lowest BCUT2D eigenvalue weighted by atomic mass is 9.78. The molecule has 0 aromatic rings. The van der Waals surface area contributed by atoms with E-state index in [1.165, 1.54) is 25.7 Å². The molecule has 0 amide bonds. The maximum atomic E-state index is 12.0. The smallest absolute Gasteiger partial charge is 0.137 e. The summed E-state index contributed by atoms with van der Waals surface area (Å²) in [5.74, 6) is 1.66. The fraction of sp³-hybridized carbons (Fsp3) is 0.938. The molecule has 0 saturated heterocycles. The SMILES string of the molecule is CCCCN(CC)CC1CC(CCC)CCC1=O. The first kappa shape index (κ1) is 15.7. The third-order valence-electron chi connectivity index (χ3n) is 4.32. The summed E-state index contributed by atoms with van der Waals surface area (Å²) in [7, 11) is 0. The predicted octanol–water partition coefficient (Wildman–Crippen LogP) is 3.89. The van der Waals surface area contributed by atoms with Crippen molar-refractivity contribution in [2.45, 2.75) is 65.7 Å². The summed E-state index contributed by atoms with van der Waals surface area (Å²) in [6.45, 7) is 9.96. The summed E-state index contributed by atoms with van der Waals surface area (Å²) in [6.07, 6.45) is 8.20. The Morgan fingerprint density at radius 3 is 2.61 bits per heavy atom. The maximum absolute atomic E-state index is 12.0. The van der Waals surface area contributed by atoms with Crippen LogP contribution in [0, 0.1) is 11.8 Å². The number of Topliss-reactive ketones (excluding diaryl/α,β-unsaturated/α-hetero) is 1. The van der Waals surface area contributed by atoms with Crippen LogP contribution in [-0.2, 0) is 4.79 Å². The summed E-state index contributed by atoms with van der Waals surface area (Å²) in [5.41, 5.74) is 0. The van der Waals surface area contributed by atoms with Gasteiger partial charge in [0.1, 0.15) is 5.78 Å². The number of carbonyl (C=O) groups is 1. The van der Waals surface area contributed by atoms with Crippen LogP contribution >= 0.6 is 0 Å². The predicted molar refractivity (Wildman–Crippen MR) is 77.8 cm³/mol. The van der Waals surface area contributed by atoms with E-state index in [1.54, 1.807) is 0 Å². The Morgan fingerprint density at radius 1 is 1.22 bits per heavy atom. The zero-order valence-electron chi connectivity index (χ0n) is 12.6. The minimum Gasteiger partial charge on any atom is -0.303 e. The van der Waals surface area contributed by atoms with E-state index in [1.807, 2.05) is 0 Å². The second-order valence-corrected chi connectivity index (χ2v) is 5.84. The lowest BCUT2D eigenvalue weighted by molar-refractivity contribution is -0.126. The average molecular weight is 253 g/mol. The van der Waals surface area contributed by atoms with Crippen LogP contribution in [0.2, 0.25) is 0 Å². The second-order valence-electron chi connectivity index (χ2n) is 5.84. The Kier molecular flexibility index (Phi) is 7.57. The van der Waals surface area contributed by atoms with E-state index in [0.717, 1.165) is 44.8 Å². The summed E-state index contributed by atoms with van der Waals surface area (Å²) < 4.78 is 0. The van der Waals surface area contributed by atoms with Crippen molar-refractivity contribution in [2.75, 3.05) is 19.6 Å². The van der Waals surface area contributed by atoms with Gasteiger partial charge >= 0.3 is 0 Å². The first-order valence-electron chi connectivity index (χ1n) is 7.96. The van der Waals surface area contributed by atoms with Crippen LogP contribution in [0.25, 0.3) is 0 Å². The van der Waals surface area contributed by atoms with E-state index < -0.39 is 0 Å². The van der Waals surface area contributed by atoms with Gasteiger partial charge in [0.25, 0.3) is 0 Å². The van der Waals surface area contributed by atoms with Gasteiger partial charge in [0.15, 0.2) is 0 Å². The maximum Gasteiger partial charge on any atom is 0.137 e. The van der Waals surface area contributed by atoms with Gasteiger partial charge in [-0.05, 0) is 38.3 Å². The zero-order valence-corrected chi connectivity index (χ0v) is 12.6. The van der Waals surface area contributed by atoms with E-state index in [-0.39, 0.29) is 0 Å². The Balaban J connectivity index is 2.43. The Morgan fingerprint density at radius 2 is 2.00 bits per heavy atom. The summed E-state index contributed by atoms with van der Waals surface area (Å²) in [4.78, 5) is 14.5. The molecule has 1 fully saturated rings. The highest BCUT2D eigenvalue weighted by Gasteiger charge is 2.29. The highest BCUT2D eigenvalue weighted by atomic mass is 16.1. The number of unbranched alkanes of at least 4 members (excludes halogenated alkanes) is 1. The van der Waals surface area contributed by atoms with Gasteiger partial charge in [0.2, 0.25) is 0 Å². The lowest BCUT2D eigenvalue weighted by Crippen LogP contribution is -2.37. The van der Waals surface area contributed by atoms with Gasteiger partial charge in [-0.15, -0.1) is 0 Å². The summed E-state index contributed by atoms with van der Waals surface area (Å²) >= 11 is 0. The van der Waals surface area contributed by atoms with E-state index in [9.17, 15) is 4.79 Å². The van der Waals surface area contributed by atoms with Crippen molar-refractivity contribution in [3.05, 3.63) is 0 Å². The molecule has 1 rings (SSSR count). The van der Waals surface area contributed by atoms with Crippen molar-refractivity contribution >= 4 is 5.78 Å². The summed E-state index contributed by atoms with van der Waals surface area (Å²) in [5, 5.41) is 0. The summed E-state index contributed by atoms with van der Waals surface area (Å²) in [6, 6.07) is 0. The lowest BCUT2D eigenvalue weighted by Gasteiger charge is -2.32. The van der Waals surface area contributed by atoms with Crippen LogP contribution in [0.5, 0.6) is 0 Å².